The van der Waals surface area contributed by atoms with Crippen LogP contribution in [0.2, 0.25) is 0 Å². The molecular weight excluding hydrogens is 242 g/mol. The van der Waals surface area contributed by atoms with Crippen LogP contribution in [0.5, 0.6) is 0 Å². The molecule has 0 unspecified atom stereocenters. The number of hydrogen-bond acceptors (Lipinski definition) is 4. The maximum Gasteiger partial charge on any atom is 0.0949 e. The van der Waals surface area contributed by atoms with Gasteiger partial charge < -0.3 is 14.5 Å². The van der Waals surface area contributed by atoms with Crippen LogP contribution in [0.1, 0.15) is 46.5 Å². The quantitative estimate of drug-likeness (QED) is 0.341. The fourth-order valence-electron chi connectivity index (χ4n) is 1.53. The first-order valence-electron chi connectivity index (χ1n) is 7.01. The Labute approximate surface area is 116 Å². The van der Waals surface area contributed by atoms with Gasteiger partial charge in [0.05, 0.1) is 18.6 Å². The summed E-state index contributed by atoms with van der Waals surface area (Å²) in [6.45, 7) is 8.46. The second kappa shape index (κ2) is 13.1. The molecule has 1 aromatic rings. The van der Waals surface area contributed by atoms with E-state index < -0.39 is 0 Å². The average Bonchev–Trinajstić information content (AvgIpc) is 2.92. The summed E-state index contributed by atoms with van der Waals surface area (Å²) in [6.07, 6.45) is 9.64. The molecule has 1 aromatic heterocycles. The molecule has 19 heavy (non-hydrogen) atoms. The molecule has 0 bridgehead atoms. The van der Waals surface area contributed by atoms with E-state index in [2.05, 4.69) is 17.1 Å². The Morgan fingerprint density at radius 1 is 1.26 bits per heavy atom. The van der Waals surface area contributed by atoms with E-state index in [1.807, 2.05) is 24.6 Å². The van der Waals surface area contributed by atoms with Gasteiger partial charge in [-0.15, -0.1) is 0 Å². The Morgan fingerprint density at radius 2 is 2.00 bits per heavy atom. The number of hydrogen-bond donors (Lipinski definition) is 1. The van der Waals surface area contributed by atoms with Gasteiger partial charge in [0.2, 0.25) is 0 Å². The van der Waals surface area contributed by atoms with Crippen molar-refractivity contribution in [2.75, 3.05) is 13.2 Å². The Morgan fingerprint density at radius 3 is 2.42 bits per heavy atom. The number of unbranched alkanes of at least 4 members (excludes halogenated alkanes) is 2. The summed E-state index contributed by atoms with van der Waals surface area (Å²) < 4.78 is 6.74. The number of imidazole rings is 1. The summed E-state index contributed by atoms with van der Waals surface area (Å²) in [7, 11) is 0. The molecule has 1 heterocycles. The van der Waals surface area contributed by atoms with Crippen LogP contribution < -0.4 is 0 Å². The van der Waals surface area contributed by atoms with Gasteiger partial charge in [0.15, 0.2) is 0 Å². The molecule has 0 saturated heterocycles. The SMILES string of the molecule is CCCCC/C(Cn1ccnc1)=N/O.CCOCC. The summed E-state index contributed by atoms with van der Waals surface area (Å²) in [5.41, 5.74) is 0.816. The largest absolute Gasteiger partial charge is 0.411 e. The minimum atomic E-state index is 0.639. The predicted octanol–water partition coefficient (Wildman–Crippen LogP) is 3.34. The topological polar surface area (TPSA) is 59.6 Å². The highest BCUT2D eigenvalue weighted by atomic mass is 16.5. The molecule has 0 radical (unpaired) electrons. The third kappa shape index (κ3) is 10.3. The summed E-state index contributed by atoms with van der Waals surface area (Å²) >= 11 is 0. The normalized spacial score (nSPS) is 11.0. The van der Waals surface area contributed by atoms with Gasteiger partial charge in [-0.05, 0) is 26.7 Å². The Balaban J connectivity index is 0.000000555. The van der Waals surface area contributed by atoms with Crippen LogP contribution in [0.4, 0.5) is 0 Å². The maximum atomic E-state index is 8.78. The van der Waals surface area contributed by atoms with Gasteiger partial charge in [-0.3, -0.25) is 0 Å². The van der Waals surface area contributed by atoms with Crippen molar-refractivity contribution in [3.8, 4) is 0 Å². The van der Waals surface area contributed by atoms with Crippen molar-refractivity contribution in [1.29, 1.82) is 0 Å². The summed E-state index contributed by atoms with van der Waals surface area (Å²) in [5, 5.41) is 12.1. The molecule has 0 saturated carbocycles. The molecule has 0 amide bonds. The number of aromatic nitrogens is 2. The maximum absolute atomic E-state index is 8.78. The molecule has 5 heteroatoms. The van der Waals surface area contributed by atoms with Crippen molar-refractivity contribution in [2.45, 2.75) is 53.0 Å². The van der Waals surface area contributed by atoms with Crippen molar-refractivity contribution in [1.82, 2.24) is 9.55 Å². The minimum Gasteiger partial charge on any atom is -0.411 e. The van der Waals surface area contributed by atoms with Crippen molar-refractivity contribution >= 4 is 5.71 Å². The Kier molecular flexibility index (Phi) is 12.1. The molecule has 0 aliphatic heterocycles. The van der Waals surface area contributed by atoms with Gasteiger partial charge in [0, 0.05) is 25.6 Å². The van der Waals surface area contributed by atoms with E-state index in [0.717, 1.165) is 31.8 Å². The lowest BCUT2D eigenvalue weighted by molar-refractivity contribution is 0.162. The van der Waals surface area contributed by atoms with Crippen molar-refractivity contribution in [3.63, 3.8) is 0 Å². The average molecular weight is 269 g/mol. The van der Waals surface area contributed by atoms with Crippen LogP contribution in [-0.4, -0.2) is 33.7 Å². The van der Waals surface area contributed by atoms with Gasteiger partial charge in [0.1, 0.15) is 0 Å². The highest BCUT2D eigenvalue weighted by Gasteiger charge is 2.00. The smallest absolute Gasteiger partial charge is 0.0949 e. The Hall–Kier alpha value is -1.36. The molecule has 0 aliphatic rings. The fourth-order valence-corrected chi connectivity index (χ4v) is 1.53. The molecule has 5 nitrogen and oxygen atoms in total. The molecule has 0 atom stereocenters. The van der Waals surface area contributed by atoms with Gasteiger partial charge in [-0.2, -0.15) is 0 Å². The first-order valence-corrected chi connectivity index (χ1v) is 7.01. The third-order valence-corrected chi connectivity index (χ3v) is 2.54. The van der Waals surface area contributed by atoms with E-state index in [9.17, 15) is 0 Å². The van der Waals surface area contributed by atoms with E-state index in [1.165, 1.54) is 12.8 Å². The van der Waals surface area contributed by atoms with Crippen LogP contribution >= 0.6 is 0 Å². The van der Waals surface area contributed by atoms with E-state index in [1.54, 1.807) is 12.5 Å². The fraction of sp³-hybridized carbons (Fsp3) is 0.714. The van der Waals surface area contributed by atoms with Crippen LogP contribution in [0.25, 0.3) is 0 Å². The number of ether oxygens (including phenoxy) is 1. The molecule has 1 N–H and O–H groups in total. The van der Waals surface area contributed by atoms with E-state index >= 15 is 0 Å². The van der Waals surface area contributed by atoms with Gasteiger partial charge >= 0.3 is 0 Å². The van der Waals surface area contributed by atoms with Crippen LogP contribution in [0.3, 0.4) is 0 Å². The number of nitrogens with zero attached hydrogens (tertiary/aromatic N) is 3. The van der Waals surface area contributed by atoms with E-state index in [-0.39, 0.29) is 0 Å². The second-order valence-electron chi connectivity index (χ2n) is 4.14. The van der Waals surface area contributed by atoms with Crippen molar-refractivity contribution in [3.05, 3.63) is 18.7 Å². The summed E-state index contributed by atoms with van der Waals surface area (Å²) in [5.74, 6) is 0. The van der Waals surface area contributed by atoms with Gasteiger partial charge in [0.25, 0.3) is 0 Å². The third-order valence-electron chi connectivity index (χ3n) is 2.54. The number of oxime groups is 1. The predicted molar refractivity (Wildman–Crippen MR) is 77.8 cm³/mol. The lowest BCUT2D eigenvalue weighted by Crippen LogP contribution is -2.08. The lowest BCUT2D eigenvalue weighted by atomic mass is 10.1. The molecule has 0 aromatic carbocycles. The van der Waals surface area contributed by atoms with Gasteiger partial charge in [-0.25, -0.2) is 4.98 Å². The monoisotopic (exact) mass is 269 g/mol. The molecule has 0 spiro atoms. The summed E-state index contributed by atoms with van der Waals surface area (Å²) in [6, 6.07) is 0. The lowest BCUT2D eigenvalue weighted by Gasteiger charge is -2.04. The van der Waals surface area contributed by atoms with Crippen molar-refractivity contribution < 1.29 is 9.94 Å². The highest BCUT2D eigenvalue weighted by molar-refractivity contribution is 5.83. The van der Waals surface area contributed by atoms with Crippen LogP contribution in [0, 0.1) is 0 Å². The Bertz CT molecular complexity index is 309. The van der Waals surface area contributed by atoms with Gasteiger partial charge in [-0.1, -0.05) is 24.9 Å². The second-order valence-corrected chi connectivity index (χ2v) is 4.14. The zero-order valence-corrected chi connectivity index (χ0v) is 12.4. The van der Waals surface area contributed by atoms with Crippen molar-refractivity contribution in [2.24, 2.45) is 5.16 Å². The standard InChI is InChI=1S/C10H17N3O.C4H10O/c1-2-3-4-5-10(12-14)8-13-7-6-11-9-13;1-3-5-4-2/h6-7,9,14H,2-5,8H2,1H3;3-4H2,1-2H3/b12-10-;. The highest BCUT2D eigenvalue weighted by Crippen LogP contribution is 2.02. The van der Waals surface area contributed by atoms with Crippen LogP contribution in [-0.2, 0) is 11.3 Å². The summed E-state index contributed by atoms with van der Waals surface area (Å²) in [4.78, 5) is 3.93. The zero-order chi connectivity index (χ0) is 14.3. The molecule has 1 rings (SSSR count). The zero-order valence-electron chi connectivity index (χ0n) is 12.4. The molecule has 110 valence electrons. The molecule has 0 aliphatic carbocycles. The first-order chi connectivity index (χ1) is 9.28. The van der Waals surface area contributed by atoms with E-state index in [4.69, 9.17) is 9.94 Å². The number of rotatable bonds is 8. The van der Waals surface area contributed by atoms with E-state index in [0.29, 0.717) is 6.54 Å². The minimum absolute atomic E-state index is 0.639. The first kappa shape index (κ1) is 17.6. The van der Waals surface area contributed by atoms with Crippen LogP contribution in [0.15, 0.2) is 23.9 Å². The molecule has 0 fully saturated rings. The molecular formula is C14H27N3O2.